The highest BCUT2D eigenvalue weighted by molar-refractivity contribution is 6.59. The fourth-order valence-corrected chi connectivity index (χ4v) is 1.35. The van der Waals surface area contributed by atoms with Crippen LogP contribution in [-0.2, 0) is 6.42 Å². The molecule has 0 bridgehead atoms. The lowest BCUT2D eigenvalue weighted by molar-refractivity contribution is 0.345. The van der Waals surface area contributed by atoms with Crippen LogP contribution in [0.4, 0.5) is 0 Å². The third-order valence-corrected chi connectivity index (χ3v) is 1.92. The predicted molar refractivity (Wildman–Crippen MR) is 43.3 cm³/mol. The number of ether oxygens (including phenoxy) is 1. The van der Waals surface area contributed by atoms with E-state index in [0.717, 1.165) is 5.56 Å². The number of hydrogen-bond donors (Lipinski definition) is 2. The Labute approximate surface area is 70.0 Å². The first-order valence-electron chi connectivity index (χ1n) is 3.76. The maximum Gasteiger partial charge on any atom is 0.488 e. The minimum Gasteiger partial charge on any atom is -0.477 e. The second-order valence-electron chi connectivity index (χ2n) is 2.66. The Morgan fingerprint density at radius 1 is 1.50 bits per heavy atom. The van der Waals surface area contributed by atoms with Gasteiger partial charge in [-0.05, 0) is 11.5 Å². The SMILES string of the molecule is OB(O)c1ccnc2c1CCO2. The average molecular weight is 165 g/mol. The summed E-state index contributed by atoms with van der Waals surface area (Å²) < 4.78 is 5.16. The number of pyridine rings is 1. The van der Waals surface area contributed by atoms with Gasteiger partial charge in [-0.15, -0.1) is 0 Å². The van der Waals surface area contributed by atoms with Gasteiger partial charge < -0.3 is 14.8 Å². The van der Waals surface area contributed by atoms with Crippen molar-refractivity contribution in [2.75, 3.05) is 6.61 Å². The fraction of sp³-hybridized carbons (Fsp3) is 0.286. The molecule has 0 fully saturated rings. The molecule has 0 unspecified atom stereocenters. The predicted octanol–water partition coefficient (Wildman–Crippen LogP) is -1.30. The second kappa shape index (κ2) is 2.77. The van der Waals surface area contributed by atoms with E-state index in [1.165, 1.54) is 6.20 Å². The van der Waals surface area contributed by atoms with Crippen LogP contribution in [0.2, 0.25) is 0 Å². The Hall–Kier alpha value is -1.07. The Balaban J connectivity index is 2.49. The number of hydrogen-bond acceptors (Lipinski definition) is 4. The summed E-state index contributed by atoms with van der Waals surface area (Å²) in [6, 6.07) is 1.60. The van der Waals surface area contributed by atoms with E-state index in [1.807, 2.05) is 0 Å². The Kier molecular flexibility index (Phi) is 1.75. The molecule has 0 radical (unpaired) electrons. The van der Waals surface area contributed by atoms with Crippen molar-refractivity contribution in [3.05, 3.63) is 17.8 Å². The molecule has 2 N–H and O–H groups in total. The van der Waals surface area contributed by atoms with Crippen molar-refractivity contribution < 1.29 is 14.8 Å². The van der Waals surface area contributed by atoms with Gasteiger partial charge in [0, 0.05) is 18.2 Å². The zero-order chi connectivity index (χ0) is 8.55. The molecule has 0 spiro atoms. The lowest BCUT2D eigenvalue weighted by Crippen LogP contribution is -2.32. The van der Waals surface area contributed by atoms with Crippen molar-refractivity contribution in [3.63, 3.8) is 0 Å². The quantitative estimate of drug-likeness (QED) is 0.507. The van der Waals surface area contributed by atoms with Crippen molar-refractivity contribution >= 4 is 12.6 Å². The van der Waals surface area contributed by atoms with Gasteiger partial charge in [0.2, 0.25) is 5.88 Å². The van der Waals surface area contributed by atoms with Crippen LogP contribution in [0.3, 0.4) is 0 Å². The van der Waals surface area contributed by atoms with Gasteiger partial charge in [0.1, 0.15) is 0 Å². The summed E-state index contributed by atoms with van der Waals surface area (Å²) in [6.45, 7) is 0.575. The Bertz CT molecular complexity index is 303. The van der Waals surface area contributed by atoms with Gasteiger partial charge in [-0.2, -0.15) is 0 Å². The van der Waals surface area contributed by atoms with E-state index < -0.39 is 7.12 Å². The summed E-state index contributed by atoms with van der Waals surface area (Å²) in [7, 11) is -1.43. The van der Waals surface area contributed by atoms with Crippen LogP contribution in [0.25, 0.3) is 0 Å². The molecular weight excluding hydrogens is 157 g/mol. The number of rotatable bonds is 1. The smallest absolute Gasteiger partial charge is 0.477 e. The van der Waals surface area contributed by atoms with E-state index in [-0.39, 0.29) is 0 Å². The van der Waals surface area contributed by atoms with Crippen LogP contribution in [0.1, 0.15) is 5.56 Å². The van der Waals surface area contributed by atoms with Crippen LogP contribution in [-0.4, -0.2) is 28.8 Å². The van der Waals surface area contributed by atoms with Crippen LogP contribution >= 0.6 is 0 Å². The number of aromatic nitrogens is 1. The average Bonchev–Trinajstić information content (AvgIpc) is 2.49. The first kappa shape index (κ1) is 7.58. The first-order valence-corrected chi connectivity index (χ1v) is 3.76. The largest absolute Gasteiger partial charge is 0.488 e. The Morgan fingerprint density at radius 3 is 3.08 bits per heavy atom. The van der Waals surface area contributed by atoms with E-state index in [4.69, 9.17) is 14.8 Å². The molecule has 0 saturated carbocycles. The summed E-state index contributed by atoms with van der Waals surface area (Å²) in [5, 5.41) is 17.9. The molecule has 0 atom stereocenters. The summed E-state index contributed by atoms with van der Waals surface area (Å²) in [6.07, 6.45) is 2.22. The van der Waals surface area contributed by atoms with Crippen LogP contribution in [0.15, 0.2) is 12.3 Å². The van der Waals surface area contributed by atoms with E-state index in [9.17, 15) is 0 Å². The number of fused-ring (bicyclic) bond motifs is 1. The maximum absolute atomic E-state index is 8.96. The molecule has 2 rings (SSSR count). The van der Waals surface area contributed by atoms with Crippen LogP contribution in [0, 0.1) is 0 Å². The van der Waals surface area contributed by atoms with Crippen molar-refractivity contribution in [1.29, 1.82) is 0 Å². The zero-order valence-corrected chi connectivity index (χ0v) is 6.40. The van der Waals surface area contributed by atoms with Crippen molar-refractivity contribution in [2.45, 2.75) is 6.42 Å². The molecule has 1 aromatic heterocycles. The molecule has 1 aliphatic heterocycles. The summed E-state index contributed by atoms with van der Waals surface area (Å²) in [4.78, 5) is 3.96. The highest BCUT2D eigenvalue weighted by Crippen LogP contribution is 2.19. The normalized spacial score (nSPS) is 13.8. The first-order chi connectivity index (χ1) is 5.79. The van der Waals surface area contributed by atoms with Gasteiger partial charge >= 0.3 is 7.12 Å². The van der Waals surface area contributed by atoms with E-state index >= 15 is 0 Å². The van der Waals surface area contributed by atoms with Crippen molar-refractivity contribution in [1.82, 2.24) is 4.98 Å². The molecular formula is C7H8BNO3. The van der Waals surface area contributed by atoms with Gasteiger partial charge in [-0.3, -0.25) is 0 Å². The van der Waals surface area contributed by atoms with E-state index in [2.05, 4.69) is 4.98 Å². The fourth-order valence-electron chi connectivity index (χ4n) is 1.35. The third kappa shape index (κ3) is 1.07. The van der Waals surface area contributed by atoms with E-state index in [1.54, 1.807) is 6.07 Å². The molecule has 62 valence electrons. The van der Waals surface area contributed by atoms with Gasteiger partial charge in [0.15, 0.2) is 0 Å². The minimum absolute atomic E-state index is 0.498. The molecule has 5 heteroatoms. The van der Waals surface area contributed by atoms with Gasteiger partial charge in [0.05, 0.1) is 6.61 Å². The van der Waals surface area contributed by atoms with Gasteiger partial charge in [-0.25, -0.2) is 4.98 Å². The molecule has 0 saturated heterocycles. The molecule has 1 aromatic rings. The molecule has 0 aromatic carbocycles. The summed E-state index contributed by atoms with van der Waals surface area (Å²) in [5.74, 6) is 0.528. The topological polar surface area (TPSA) is 62.6 Å². The highest BCUT2D eigenvalue weighted by atomic mass is 16.5. The van der Waals surface area contributed by atoms with Crippen LogP contribution < -0.4 is 10.2 Å². The molecule has 12 heavy (non-hydrogen) atoms. The zero-order valence-electron chi connectivity index (χ0n) is 6.40. The lowest BCUT2D eigenvalue weighted by Gasteiger charge is -2.03. The number of nitrogens with zero attached hydrogens (tertiary/aromatic N) is 1. The van der Waals surface area contributed by atoms with E-state index in [0.29, 0.717) is 24.4 Å². The standard InChI is InChI=1S/C7H8BNO3/c10-8(11)6-1-3-9-7-5(6)2-4-12-7/h1,3,10-11H,2,4H2. The Morgan fingerprint density at radius 2 is 2.33 bits per heavy atom. The maximum atomic E-state index is 8.96. The minimum atomic E-state index is -1.43. The third-order valence-electron chi connectivity index (χ3n) is 1.92. The molecule has 2 heterocycles. The second-order valence-corrected chi connectivity index (χ2v) is 2.66. The van der Waals surface area contributed by atoms with Crippen molar-refractivity contribution in [2.24, 2.45) is 0 Å². The molecule has 4 nitrogen and oxygen atoms in total. The van der Waals surface area contributed by atoms with Crippen LogP contribution in [0.5, 0.6) is 5.88 Å². The highest BCUT2D eigenvalue weighted by Gasteiger charge is 2.23. The monoisotopic (exact) mass is 165 g/mol. The lowest BCUT2D eigenvalue weighted by atomic mass is 9.77. The van der Waals surface area contributed by atoms with Gasteiger partial charge in [0.25, 0.3) is 0 Å². The summed E-state index contributed by atoms with van der Waals surface area (Å²) >= 11 is 0. The molecule has 1 aliphatic rings. The van der Waals surface area contributed by atoms with Crippen molar-refractivity contribution in [3.8, 4) is 5.88 Å². The summed E-state index contributed by atoms with van der Waals surface area (Å²) in [5.41, 5.74) is 1.31. The van der Waals surface area contributed by atoms with Gasteiger partial charge in [-0.1, -0.05) is 0 Å². The molecule has 0 aliphatic carbocycles. The molecule has 0 amide bonds.